The molecule has 1 aromatic heterocycles. The van der Waals surface area contributed by atoms with Crippen molar-refractivity contribution in [3.05, 3.63) is 71.3 Å². The van der Waals surface area contributed by atoms with Gasteiger partial charge < -0.3 is 9.42 Å². The van der Waals surface area contributed by atoms with Gasteiger partial charge in [-0.05, 0) is 23.8 Å². The molecule has 1 amide bonds. The Hall–Kier alpha value is -2.97. The van der Waals surface area contributed by atoms with Crippen LogP contribution in [0.15, 0.2) is 64.5 Å². The average Bonchev–Trinajstić information content (AvgIpc) is 3.16. The van der Waals surface area contributed by atoms with Crippen LogP contribution < -0.4 is 0 Å². The first-order valence-electron chi connectivity index (χ1n) is 9.37. The first-order chi connectivity index (χ1) is 14.0. The number of benzene rings is 2. The van der Waals surface area contributed by atoms with Gasteiger partial charge in [0.2, 0.25) is 15.9 Å². The molecular weight excluding hydrogens is 390 g/mol. The number of carbonyl (C=O) groups excluding carboxylic acids is 1. The number of piperazine rings is 1. The molecular formula is C21H21N3O4S. The molecule has 0 saturated carbocycles. The van der Waals surface area contributed by atoms with Crippen LogP contribution in [0.3, 0.4) is 0 Å². The quantitative estimate of drug-likeness (QED) is 0.644. The SMILES string of the molecule is O=C(Cc1noc2ccccc12)N1CCN(S(=O)(=O)/C=C/c2ccccc2)CC1. The average molecular weight is 411 g/mol. The maximum absolute atomic E-state index is 12.6. The maximum atomic E-state index is 12.6. The number of aromatic nitrogens is 1. The molecule has 2 aromatic carbocycles. The number of sulfonamides is 1. The van der Waals surface area contributed by atoms with Gasteiger partial charge in [-0.1, -0.05) is 47.6 Å². The molecule has 1 aliphatic heterocycles. The third-order valence-corrected chi connectivity index (χ3v) is 6.52. The van der Waals surface area contributed by atoms with E-state index in [1.165, 1.54) is 9.71 Å². The molecule has 8 heteroatoms. The zero-order valence-corrected chi connectivity index (χ0v) is 16.6. The van der Waals surface area contributed by atoms with Gasteiger partial charge in [0.05, 0.1) is 6.42 Å². The van der Waals surface area contributed by atoms with E-state index < -0.39 is 10.0 Å². The van der Waals surface area contributed by atoms with E-state index >= 15 is 0 Å². The molecule has 1 fully saturated rings. The molecule has 3 aromatic rings. The summed E-state index contributed by atoms with van der Waals surface area (Å²) in [6, 6.07) is 16.7. The number of para-hydroxylation sites is 1. The topological polar surface area (TPSA) is 83.7 Å². The van der Waals surface area contributed by atoms with Crippen LogP contribution in [0.5, 0.6) is 0 Å². The van der Waals surface area contributed by atoms with Crippen LogP contribution in [0, 0.1) is 0 Å². The first kappa shape index (κ1) is 19.4. The Kier molecular flexibility index (Phi) is 5.46. The Morgan fingerprint density at radius 3 is 2.45 bits per heavy atom. The number of nitrogens with zero attached hydrogens (tertiary/aromatic N) is 3. The summed E-state index contributed by atoms with van der Waals surface area (Å²) in [5, 5.41) is 6.05. The Labute approximate surface area is 169 Å². The lowest BCUT2D eigenvalue weighted by Gasteiger charge is -2.33. The van der Waals surface area contributed by atoms with Gasteiger partial charge in [-0.15, -0.1) is 0 Å². The largest absolute Gasteiger partial charge is 0.356 e. The molecule has 2 heterocycles. The summed E-state index contributed by atoms with van der Waals surface area (Å²) in [6.45, 7) is 1.25. The second-order valence-corrected chi connectivity index (χ2v) is 8.66. The molecule has 0 spiro atoms. The molecule has 7 nitrogen and oxygen atoms in total. The molecule has 0 unspecified atom stereocenters. The standard InChI is InChI=1S/C21H21N3O4S/c25-21(16-19-18-8-4-5-9-20(18)28-22-19)23-11-13-24(14-12-23)29(26,27)15-10-17-6-2-1-3-7-17/h1-10,15H,11-14,16H2/b15-10+. The molecule has 0 aliphatic carbocycles. The molecule has 0 bridgehead atoms. The van der Waals surface area contributed by atoms with Crippen molar-refractivity contribution in [1.29, 1.82) is 0 Å². The molecule has 1 saturated heterocycles. The first-order valence-corrected chi connectivity index (χ1v) is 10.9. The van der Waals surface area contributed by atoms with Gasteiger partial charge in [0.25, 0.3) is 0 Å². The number of hydrogen-bond acceptors (Lipinski definition) is 5. The zero-order chi connectivity index (χ0) is 20.3. The van der Waals surface area contributed by atoms with Gasteiger partial charge in [0.1, 0.15) is 5.69 Å². The number of hydrogen-bond donors (Lipinski definition) is 0. The zero-order valence-electron chi connectivity index (χ0n) is 15.8. The highest BCUT2D eigenvalue weighted by Crippen LogP contribution is 2.19. The van der Waals surface area contributed by atoms with Crippen LogP contribution in [0.4, 0.5) is 0 Å². The lowest BCUT2D eigenvalue weighted by atomic mass is 10.1. The van der Waals surface area contributed by atoms with E-state index in [2.05, 4.69) is 5.16 Å². The molecule has 4 rings (SSSR count). The Morgan fingerprint density at radius 2 is 1.69 bits per heavy atom. The van der Waals surface area contributed by atoms with Gasteiger partial charge in [-0.2, -0.15) is 4.31 Å². The maximum Gasteiger partial charge on any atom is 0.236 e. The van der Waals surface area contributed by atoms with E-state index in [1.807, 2.05) is 54.6 Å². The van der Waals surface area contributed by atoms with Crippen LogP contribution in [-0.2, 0) is 21.2 Å². The van der Waals surface area contributed by atoms with Crippen molar-refractivity contribution in [2.45, 2.75) is 6.42 Å². The van der Waals surface area contributed by atoms with Crippen LogP contribution in [-0.4, -0.2) is 54.9 Å². The highest BCUT2D eigenvalue weighted by Gasteiger charge is 2.28. The van der Waals surface area contributed by atoms with Gasteiger partial charge in [0.15, 0.2) is 5.58 Å². The second-order valence-electron chi connectivity index (χ2n) is 6.84. The normalized spacial score (nSPS) is 15.9. The van der Waals surface area contributed by atoms with Gasteiger partial charge in [-0.25, -0.2) is 8.42 Å². The molecule has 150 valence electrons. The number of carbonyl (C=O) groups is 1. The van der Waals surface area contributed by atoms with E-state index in [0.29, 0.717) is 24.4 Å². The molecule has 0 atom stereocenters. The van der Waals surface area contributed by atoms with Crippen molar-refractivity contribution < 1.29 is 17.7 Å². The summed E-state index contributed by atoms with van der Waals surface area (Å²) < 4.78 is 31.8. The van der Waals surface area contributed by atoms with E-state index in [4.69, 9.17) is 4.52 Å². The highest BCUT2D eigenvalue weighted by atomic mass is 32.2. The monoisotopic (exact) mass is 411 g/mol. The van der Waals surface area contributed by atoms with Crippen LogP contribution >= 0.6 is 0 Å². The summed E-state index contributed by atoms with van der Waals surface area (Å²) in [7, 11) is -3.52. The van der Waals surface area contributed by atoms with E-state index in [9.17, 15) is 13.2 Å². The highest BCUT2D eigenvalue weighted by molar-refractivity contribution is 7.92. The summed E-state index contributed by atoms with van der Waals surface area (Å²) in [5.41, 5.74) is 2.08. The number of rotatable bonds is 5. The Morgan fingerprint density at radius 1 is 1.00 bits per heavy atom. The van der Waals surface area contributed by atoms with Crippen LogP contribution in [0.2, 0.25) is 0 Å². The minimum atomic E-state index is -3.52. The Bertz CT molecular complexity index is 1130. The molecule has 1 aliphatic rings. The van der Waals surface area contributed by atoms with E-state index in [-0.39, 0.29) is 25.4 Å². The smallest absolute Gasteiger partial charge is 0.236 e. The van der Waals surface area contributed by atoms with Gasteiger partial charge >= 0.3 is 0 Å². The van der Waals surface area contributed by atoms with Crippen LogP contribution in [0.25, 0.3) is 17.0 Å². The fraction of sp³-hybridized carbons (Fsp3) is 0.238. The summed E-state index contributed by atoms with van der Waals surface area (Å²) in [4.78, 5) is 14.3. The van der Waals surface area contributed by atoms with Crippen molar-refractivity contribution in [1.82, 2.24) is 14.4 Å². The predicted molar refractivity (Wildman–Crippen MR) is 110 cm³/mol. The van der Waals surface area contributed by atoms with Crippen molar-refractivity contribution in [3.63, 3.8) is 0 Å². The molecule has 29 heavy (non-hydrogen) atoms. The lowest BCUT2D eigenvalue weighted by molar-refractivity contribution is -0.131. The summed E-state index contributed by atoms with van der Waals surface area (Å²) in [5.74, 6) is -0.0825. The van der Waals surface area contributed by atoms with E-state index in [0.717, 1.165) is 10.9 Å². The third-order valence-electron chi connectivity index (χ3n) is 4.95. The number of fused-ring (bicyclic) bond motifs is 1. The fourth-order valence-corrected chi connectivity index (χ4v) is 4.50. The van der Waals surface area contributed by atoms with Crippen LogP contribution in [0.1, 0.15) is 11.3 Å². The Balaban J connectivity index is 1.36. The van der Waals surface area contributed by atoms with E-state index in [1.54, 1.807) is 11.0 Å². The lowest BCUT2D eigenvalue weighted by Crippen LogP contribution is -2.50. The summed E-state index contributed by atoms with van der Waals surface area (Å²) >= 11 is 0. The third kappa shape index (κ3) is 4.38. The predicted octanol–water partition coefficient (Wildman–Crippen LogP) is 2.52. The van der Waals surface area contributed by atoms with Crippen molar-refractivity contribution >= 4 is 33.0 Å². The van der Waals surface area contributed by atoms with Crippen molar-refractivity contribution in [2.24, 2.45) is 0 Å². The minimum absolute atomic E-state index is 0.0825. The fourth-order valence-electron chi connectivity index (χ4n) is 3.33. The summed E-state index contributed by atoms with van der Waals surface area (Å²) in [6.07, 6.45) is 1.72. The number of amides is 1. The van der Waals surface area contributed by atoms with Crippen molar-refractivity contribution in [3.8, 4) is 0 Å². The minimum Gasteiger partial charge on any atom is -0.356 e. The van der Waals surface area contributed by atoms with Gasteiger partial charge in [0, 0.05) is 37.0 Å². The second kappa shape index (κ2) is 8.18. The molecule has 0 N–H and O–H groups in total. The molecule has 0 radical (unpaired) electrons. The van der Waals surface area contributed by atoms with Gasteiger partial charge in [-0.3, -0.25) is 4.79 Å². The van der Waals surface area contributed by atoms with Crippen molar-refractivity contribution in [2.75, 3.05) is 26.2 Å².